The number of nitrogens with zero attached hydrogens (tertiary/aromatic N) is 1. The number of ether oxygens (including phenoxy) is 1. The molecule has 1 rings (SSSR count). The van der Waals surface area contributed by atoms with Crippen molar-refractivity contribution < 1.29 is 9.53 Å². The van der Waals surface area contributed by atoms with Crippen molar-refractivity contribution in [2.24, 2.45) is 5.73 Å². The van der Waals surface area contributed by atoms with Crippen LogP contribution in [0.15, 0.2) is 24.8 Å². The van der Waals surface area contributed by atoms with Gasteiger partial charge in [0.15, 0.2) is 0 Å². The number of hydrogen-bond donors (Lipinski definition) is 1. The fraction of sp³-hybridized carbons (Fsp3) is 0.462. The minimum atomic E-state index is -0.244. The highest BCUT2D eigenvalue weighted by Gasteiger charge is 2.18. The maximum absolute atomic E-state index is 12.2. The fourth-order valence-corrected chi connectivity index (χ4v) is 2.73. The van der Waals surface area contributed by atoms with Crippen molar-refractivity contribution in [3.05, 3.63) is 34.0 Å². The topological polar surface area (TPSA) is 55.6 Å². The molecule has 4 nitrogen and oxygen atoms in total. The normalized spacial score (nSPS) is 11.6. The lowest BCUT2D eigenvalue weighted by Gasteiger charge is -2.22. The van der Waals surface area contributed by atoms with Gasteiger partial charge in [0.1, 0.15) is 0 Å². The second-order valence-electron chi connectivity index (χ2n) is 4.07. The molecule has 1 aromatic heterocycles. The lowest BCUT2D eigenvalue weighted by Crippen LogP contribution is -2.35. The molecule has 0 radical (unpaired) electrons. The van der Waals surface area contributed by atoms with Crippen molar-refractivity contribution in [3.63, 3.8) is 0 Å². The molecule has 0 aliphatic heterocycles. The van der Waals surface area contributed by atoms with Gasteiger partial charge in [0.2, 0.25) is 5.91 Å². The molecule has 114 valence electrons. The Hall–Kier alpha value is -0.590. The molecule has 1 heterocycles. The van der Waals surface area contributed by atoms with Gasteiger partial charge in [-0.25, -0.2) is 0 Å². The van der Waals surface area contributed by atoms with Crippen LogP contribution < -0.4 is 5.73 Å². The third-order valence-corrected chi connectivity index (χ3v) is 3.89. The zero-order valence-electron chi connectivity index (χ0n) is 11.4. The molecule has 1 aromatic rings. The Morgan fingerprint density at radius 3 is 2.80 bits per heavy atom. The quantitative estimate of drug-likeness (QED) is 0.741. The molecule has 0 aliphatic carbocycles. The predicted molar refractivity (Wildman–Crippen MR) is 86.7 cm³/mol. The first-order valence-corrected chi connectivity index (χ1v) is 7.15. The van der Waals surface area contributed by atoms with Gasteiger partial charge in [-0.2, -0.15) is 0 Å². The molecule has 0 saturated carbocycles. The maximum Gasteiger partial charge on any atom is 0.225 e. The summed E-state index contributed by atoms with van der Waals surface area (Å²) in [6.07, 6.45) is 1.74. The van der Waals surface area contributed by atoms with Crippen LogP contribution in [0.1, 0.15) is 11.3 Å². The van der Waals surface area contributed by atoms with Crippen LogP contribution in [-0.2, 0) is 16.1 Å². The summed E-state index contributed by atoms with van der Waals surface area (Å²) in [4.78, 5) is 14.9. The van der Waals surface area contributed by atoms with Crippen LogP contribution >= 0.6 is 35.3 Å². The highest BCUT2D eigenvalue weighted by molar-refractivity contribution is 7.16. The van der Waals surface area contributed by atoms with Crippen LogP contribution in [0, 0.1) is 0 Å². The van der Waals surface area contributed by atoms with E-state index in [4.69, 9.17) is 22.1 Å². The number of thiophene rings is 1. The number of amides is 1. The van der Waals surface area contributed by atoms with E-state index in [1.807, 2.05) is 12.1 Å². The summed E-state index contributed by atoms with van der Waals surface area (Å²) in [6, 6.07) is 3.75. The van der Waals surface area contributed by atoms with Crippen molar-refractivity contribution in [1.82, 2.24) is 4.90 Å². The standard InChI is InChI=1S/C13H19ClN2O2S.ClH/c1-3-6-16(9-11-4-5-12(14)19-11)13(17)7-10(8-15)18-2;/h3-5,10H,1,6-9,15H2,2H3;1H. The number of methoxy groups -OCH3 is 1. The molecule has 0 aromatic carbocycles. The Kier molecular flexibility index (Phi) is 9.88. The van der Waals surface area contributed by atoms with Gasteiger partial charge in [-0.05, 0) is 12.1 Å². The van der Waals surface area contributed by atoms with Gasteiger partial charge in [-0.3, -0.25) is 4.79 Å². The first-order valence-electron chi connectivity index (χ1n) is 5.96. The Bertz CT molecular complexity index is 422. The monoisotopic (exact) mass is 338 g/mol. The minimum Gasteiger partial charge on any atom is -0.380 e. The van der Waals surface area contributed by atoms with Gasteiger partial charge in [0, 0.05) is 25.1 Å². The summed E-state index contributed by atoms with van der Waals surface area (Å²) in [5.74, 6) is 0.00159. The zero-order chi connectivity index (χ0) is 14.3. The molecule has 0 bridgehead atoms. The number of hydrogen-bond acceptors (Lipinski definition) is 4. The van der Waals surface area contributed by atoms with Crippen molar-refractivity contribution in [3.8, 4) is 0 Å². The van der Waals surface area contributed by atoms with E-state index in [1.165, 1.54) is 11.3 Å². The molecule has 7 heteroatoms. The van der Waals surface area contributed by atoms with E-state index < -0.39 is 0 Å². The molecule has 1 amide bonds. The lowest BCUT2D eigenvalue weighted by molar-refractivity contribution is -0.133. The zero-order valence-corrected chi connectivity index (χ0v) is 13.8. The summed E-state index contributed by atoms with van der Waals surface area (Å²) in [6.45, 7) is 5.03. The fourth-order valence-electron chi connectivity index (χ4n) is 1.62. The van der Waals surface area contributed by atoms with E-state index in [2.05, 4.69) is 6.58 Å². The Labute approximate surface area is 134 Å². The van der Waals surface area contributed by atoms with Gasteiger partial charge >= 0.3 is 0 Å². The third kappa shape index (κ3) is 6.24. The van der Waals surface area contributed by atoms with Gasteiger partial charge < -0.3 is 15.4 Å². The second kappa shape index (κ2) is 10.2. The SMILES string of the molecule is C=CCN(Cc1ccc(Cl)s1)C(=O)CC(CN)OC.Cl. The number of nitrogens with two attached hydrogens (primary N) is 1. The smallest absolute Gasteiger partial charge is 0.225 e. The second-order valence-corrected chi connectivity index (χ2v) is 5.87. The van der Waals surface area contributed by atoms with Crippen LogP contribution in [0.2, 0.25) is 4.34 Å². The summed E-state index contributed by atoms with van der Waals surface area (Å²) in [5.41, 5.74) is 5.53. The van der Waals surface area contributed by atoms with E-state index in [-0.39, 0.29) is 30.8 Å². The third-order valence-electron chi connectivity index (χ3n) is 2.68. The number of carbonyl (C=O) groups excluding carboxylic acids is 1. The number of carbonyl (C=O) groups is 1. The average Bonchev–Trinajstić information content (AvgIpc) is 2.80. The highest BCUT2D eigenvalue weighted by Crippen LogP contribution is 2.23. The maximum atomic E-state index is 12.2. The molecule has 1 unspecified atom stereocenters. The predicted octanol–water partition coefficient (Wildman–Crippen LogP) is 2.70. The molecule has 0 saturated heterocycles. The molecular weight excluding hydrogens is 319 g/mol. The molecule has 20 heavy (non-hydrogen) atoms. The highest BCUT2D eigenvalue weighted by atomic mass is 35.5. The van der Waals surface area contributed by atoms with Crippen LogP contribution in [0.4, 0.5) is 0 Å². The van der Waals surface area contributed by atoms with Gasteiger partial charge in [-0.1, -0.05) is 17.7 Å². The molecule has 0 aliphatic rings. The van der Waals surface area contributed by atoms with Crippen molar-refractivity contribution in [2.45, 2.75) is 19.1 Å². The summed E-state index contributed by atoms with van der Waals surface area (Å²) in [7, 11) is 1.56. The van der Waals surface area contributed by atoms with E-state index >= 15 is 0 Å². The van der Waals surface area contributed by atoms with Crippen LogP contribution in [0.3, 0.4) is 0 Å². The van der Waals surface area contributed by atoms with Crippen LogP contribution in [-0.4, -0.2) is 37.1 Å². The van der Waals surface area contributed by atoms with E-state index in [0.29, 0.717) is 19.6 Å². The van der Waals surface area contributed by atoms with Gasteiger partial charge in [-0.15, -0.1) is 30.3 Å². The summed E-state index contributed by atoms with van der Waals surface area (Å²) >= 11 is 7.36. The molecule has 2 N–H and O–H groups in total. The summed E-state index contributed by atoms with van der Waals surface area (Å²) < 4.78 is 5.86. The largest absolute Gasteiger partial charge is 0.380 e. The van der Waals surface area contributed by atoms with Gasteiger partial charge in [0.05, 0.1) is 23.4 Å². The number of rotatable bonds is 8. The van der Waals surface area contributed by atoms with Crippen molar-refractivity contribution in [2.75, 3.05) is 20.2 Å². The van der Waals surface area contributed by atoms with Crippen molar-refractivity contribution in [1.29, 1.82) is 0 Å². The van der Waals surface area contributed by atoms with Crippen LogP contribution in [0.5, 0.6) is 0 Å². The Balaban J connectivity index is 0.00000361. The summed E-state index contributed by atoms with van der Waals surface area (Å²) in [5, 5.41) is 0. The van der Waals surface area contributed by atoms with Crippen molar-refractivity contribution >= 4 is 41.3 Å². The average molecular weight is 339 g/mol. The first-order chi connectivity index (χ1) is 9.10. The Morgan fingerprint density at radius 1 is 1.65 bits per heavy atom. The molecule has 1 atom stereocenters. The Morgan fingerprint density at radius 2 is 2.35 bits per heavy atom. The minimum absolute atomic E-state index is 0. The van der Waals surface area contributed by atoms with Crippen LogP contribution in [0.25, 0.3) is 0 Å². The van der Waals surface area contributed by atoms with E-state index in [1.54, 1.807) is 18.1 Å². The lowest BCUT2D eigenvalue weighted by atomic mass is 10.2. The first kappa shape index (κ1) is 19.4. The number of halogens is 2. The molecule has 0 spiro atoms. The molecular formula is C13H20Cl2N2O2S. The van der Waals surface area contributed by atoms with Gasteiger partial charge in [0.25, 0.3) is 0 Å². The molecule has 0 fully saturated rings. The van der Waals surface area contributed by atoms with E-state index in [0.717, 1.165) is 9.21 Å². The van der Waals surface area contributed by atoms with E-state index in [9.17, 15) is 4.79 Å².